The molecule has 0 saturated carbocycles. The summed E-state index contributed by atoms with van der Waals surface area (Å²) < 4.78 is 0. The highest BCUT2D eigenvalue weighted by Gasteiger charge is 2.09. The zero-order chi connectivity index (χ0) is 15.1. The molecule has 0 aliphatic carbocycles. The zero-order valence-electron chi connectivity index (χ0n) is 12.6. The SMILES string of the molecule is CC(CNC(=O)CN(C)c1ccccc1)c1ccccc1. The van der Waals surface area contributed by atoms with Crippen LogP contribution in [0, 0.1) is 0 Å². The molecule has 0 heterocycles. The summed E-state index contributed by atoms with van der Waals surface area (Å²) in [4.78, 5) is 14.0. The van der Waals surface area contributed by atoms with E-state index >= 15 is 0 Å². The van der Waals surface area contributed by atoms with Crippen molar-refractivity contribution in [3.63, 3.8) is 0 Å². The van der Waals surface area contributed by atoms with Gasteiger partial charge in [0.2, 0.25) is 5.91 Å². The number of amides is 1. The van der Waals surface area contributed by atoms with Crippen LogP contribution < -0.4 is 10.2 Å². The maximum atomic E-state index is 12.0. The van der Waals surface area contributed by atoms with Crippen molar-refractivity contribution in [1.82, 2.24) is 5.32 Å². The van der Waals surface area contributed by atoms with Crippen LogP contribution in [0.4, 0.5) is 5.69 Å². The number of nitrogens with one attached hydrogen (secondary N) is 1. The number of rotatable bonds is 6. The number of hydrogen-bond acceptors (Lipinski definition) is 2. The molecule has 21 heavy (non-hydrogen) atoms. The van der Waals surface area contributed by atoms with Crippen LogP contribution in [0.3, 0.4) is 0 Å². The largest absolute Gasteiger partial charge is 0.365 e. The van der Waals surface area contributed by atoms with Crippen LogP contribution in [0.5, 0.6) is 0 Å². The maximum Gasteiger partial charge on any atom is 0.239 e. The van der Waals surface area contributed by atoms with Crippen molar-refractivity contribution in [2.75, 3.05) is 25.0 Å². The number of anilines is 1. The van der Waals surface area contributed by atoms with Crippen LogP contribution in [0.2, 0.25) is 0 Å². The van der Waals surface area contributed by atoms with Crippen molar-refractivity contribution in [3.8, 4) is 0 Å². The highest BCUT2D eigenvalue weighted by Crippen LogP contribution is 2.13. The van der Waals surface area contributed by atoms with E-state index in [1.165, 1.54) is 5.56 Å². The molecule has 1 atom stereocenters. The Hall–Kier alpha value is -2.29. The standard InChI is InChI=1S/C18H22N2O/c1-15(16-9-5-3-6-10-16)13-19-18(21)14-20(2)17-11-7-4-8-12-17/h3-12,15H,13-14H2,1-2H3,(H,19,21). The molecular weight excluding hydrogens is 260 g/mol. The Balaban J connectivity index is 1.80. The monoisotopic (exact) mass is 282 g/mol. The van der Waals surface area contributed by atoms with Gasteiger partial charge in [-0.2, -0.15) is 0 Å². The second kappa shape index (κ2) is 7.48. The molecule has 1 N–H and O–H groups in total. The van der Waals surface area contributed by atoms with E-state index in [-0.39, 0.29) is 5.91 Å². The Morgan fingerprint density at radius 1 is 1.05 bits per heavy atom. The Morgan fingerprint density at radius 3 is 2.24 bits per heavy atom. The lowest BCUT2D eigenvalue weighted by Gasteiger charge is -2.19. The second-order valence-electron chi connectivity index (χ2n) is 5.31. The number of para-hydroxylation sites is 1. The van der Waals surface area contributed by atoms with Crippen LogP contribution in [-0.2, 0) is 4.79 Å². The normalized spacial score (nSPS) is 11.7. The van der Waals surface area contributed by atoms with Gasteiger partial charge in [-0.1, -0.05) is 55.5 Å². The van der Waals surface area contributed by atoms with Crippen molar-refractivity contribution in [3.05, 3.63) is 66.2 Å². The lowest BCUT2D eigenvalue weighted by Crippen LogP contribution is -2.36. The van der Waals surface area contributed by atoms with E-state index in [9.17, 15) is 4.79 Å². The number of nitrogens with zero attached hydrogens (tertiary/aromatic N) is 1. The Labute approximate surface area is 126 Å². The summed E-state index contributed by atoms with van der Waals surface area (Å²) in [5.74, 6) is 0.362. The fourth-order valence-electron chi connectivity index (χ4n) is 2.21. The number of carbonyl (C=O) groups is 1. The van der Waals surface area contributed by atoms with E-state index < -0.39 is 0 Å². The Bertz CT molecular complexity index is 554. The van der Waals surface area contributed by atoms with Crippen molar-refractivity contribution >= 4 is 11.6 Å². The Morgan fingerprint density at radius 2 is 1.62 bits per heavy atom. The first-order valence-corrected chi connectivity index (χ1v) is 7.24. The summed E-state index contributed by atoms with van der Waals surface area (Å²) in [6.45, 7) is 3.15. The first kappa shape index (κ1) is 15.1. The van der Waals surface area contributed by atoms with Crippen LogP contribution in [0.25, 0.3) is 0 Å². The van der Waals surface area contributed by atoms with Gasteiger partial charge in [-0.25, -0.2) is 0 Å². The van der Waals surface area contributed by atoms with E-state index in [4.69, 9.17) is 0 Å². The third kappa shape index (κ3) is 4.63. The number of likely N-dealkylation sites (N-methyl/N-ethyl adjacent to an activating group) is 1. The molecule has 0 spiro atoms. The lowest BCUT2D eigenvalue weighted by molar-refractivity contribution is -0.119. The molecular formula is C18H22N2O. The van der Waals surface area contributed by atoms with Crippen molar-refractivity contribution in [1.29, 1.82) is 0 Å². The average Bonchev–Trinajstić information content (AvgIpc) is 2.54. The predicted octanol–water partition coefficient (Wildman–Crippen LogP) is 3.04. The van der Waals surface area contributed by atoms with Crippen LogP contribution in [0.15, 0.2) is 60.7 Å². The fourth-order valence-corrected chi connectivity index (χ4v) is 2.21. The van der Waals surface area contributed by atoms with Gasteiger partial charge in [0, 0.05) is 19.3 Å². The molecule has 0 fully saturated rings. The molecule has 2 aromatic rings. The highest BCUT2D eigenvalue weighted by atomic mass is 16.2. The third-order valence-corrected chi connectivity index (χ3v) is 3.55. The fraction of sp³-hybridized carbons (Fsp3) is 0.278. The van der Waals surface area contributed by atoms with E-state index in [1.807, 2.05) is 60.5 Å². The molecule has 3 nitrogen and oxygen atoms in total. The van der Waals surface area contributed by atoms with Gasteiger partial charge in [0.1, 0.15) is 0 Å². The molecule has 1 amide bonds. The zero-order valence-corrected chi connectivity index (χ0v) is 12.6. The Kier molecular flexibility index (Phi) is 5.38. The molecule has 2 rings (SSSR count). The smallest absolute Gasteiger partial charge is 0.239 e. The van der Waals surface area contributed by atoms with Gasteiger partial charge in [-0.15, -0.1) is 0 Å². The van der Waals surface area contributed by atoms with Gasteiger partial charge in [0.05, 0.1) is 6.54 Å². The van der Waals surface area contributed by atoms with Gasteiger partial charge in [0.25, 0.3) is 0 Å². The first-order valence-electron chi connectivity index (χ1n) is 7.24. The van der Waals surface area contributed by atoms with Crippen LogP contribution >= 0.6 is 0 Å². The van der Waals surface area contributed by atoms with Gasteiger partial charge >= 0.3 is 0 Å². The van der Waals surface area contributed by atoms with Crippen molar-refractivity contribution < 1.29 is 4.79 Å². The molecule has 3 heteroatoms. The third-order valence-electron chi connectivity index (χ3n) is 3.55. The summed E-state index contributed by atoms with van der Waals surface area (Å²) in [7, 11) is 1.93. The second-order valence-corrected chi connectivity index (χ2v) is 5.31. The summed E-state index contributed by atoms with van der Waals surface area (Å²) in [6, 6.07) is 20.2. The molecule has 0 aromatic heterocycles. The van der Waals surface area contributed by atoms with Gasteiger partial charge in [-0.3, -0.25) is 4.79 Å². The number of hydrogen-bond donors (Lipinski definition) is 1. The molecule has 0 saturated heterocycles. The quantitative estimate of drug-likeness (QED) is 0.883. The molecule has 2 aromatic carbocycles. The number of carbonyl (C=O) groups excluding carboxylic acids is 1. The minimum absolute atomic E-state index is 0.0455. The summed E-state index contributed by atoms with van der Waals surface area (Å²) in [5.41, 5.74) is 2.29. The summed E-state index contributed by atoms with van der Waals surface area (Å²) in [5, 5.41) is 3.00. The van der Waals surface area contributed by atoms with Crippen LogP contribution in [-0.4, -0.2) is 26.0 Å². The van der Waals surface area contributed by atoms with Crippen LogP contribution in [0.1, 0.15) is 18.4 Å². The highest BCUT2D eigenvalue weighted by molar-refractivity contribution is 5.81. The molecule has 0 aliphatic heterocycles. The lowest BCUT2D eigenvalue weighted by atomic mass is 10.0. The molecule has 1 unspecified atom stereocenters. The van der Waals surface area contributed by atoms with Gasteiger partial charge in [-0.05, 0) is 23.6 Å². The van der Waals surface area contributed by atoms with Crippen molar-refractivity contribution in [2.45, 2.75) is 12.8 Å². The van der Waals surface area contributed by atoms with E-state index in [2.05, 4.69) is 24.4 Å². The molecule has 0 bridgehead atoms. The number of benzene rings is 2. The summed E-state index contributed by atoms with van der Waals surface area (Å²) >= 11 is 0. The van der Waals surface area contributed by atoms with Crippen molar-refractivity contribution in [2.24, 2.45) is 0 Å². The average molecular weight is 282 g/mol. The minimum atomic E-state index is 0.0455. The summed E-state index contributed by atoms with van der Waals surface area (Å²) in [6.07, 6.45) is 0. The predicted molar refractivity (Wildman–Crippen MR) is 87.6 cm³/mol. The molecule has 0 aliphatic rings. The van der Waals surface area contributed by atoms with E-state index in [0.717, 1.165) is 5.69 Å². The molecule has 110 valence electrons. The minimum Gasteiger partial charge on any atom is -0.365 e. The van der Waals surface area contributed by atoms with Gasteiger partial charge in [0.15, 0.2) is 0 Å². The topological polar surface area (TPSA) is 32.3 Å². The molecule has 0 radical (unpaired) electrons. The van der Waals surface area contributed by atoms with Gasteiger partial charge < -0.3 is 10.2 Å². The first-order chi connectivity index (χ1) is 10.2. The van der Waals surface area contributed by atoms with E-state index in [0.29, 0.717) is 19.0 Å². The van der Waals surface area contributed by atoms with E-state index in [1.54, 1.807) is 0 Å². The maximum absolute atomic E-state index is 12.0.